The maximum absolute atomic E-state index is 13.1. The fraction of sp³-hybridized carbons (Fsp3) is 0.455. The van der Waals surface area contributed by atoms with Gasteiger partial charge >= 0.3 is 6.18 Å². The van der Waals surface area contributed by atoms with Crippen molar-refractivity contribution in [1.82, 2.24) is 0 Å². The largest absolute Gasteiger partial charge is 0.416 e. The fourth-order valence-electron chi connectivity index (χ4n) is 1.87. The molecule has 0 spiro atoms. The van der Waals surface area contributed by atoms with Gasteiger partial charge in [-0.25, -0.2) is 4.39 Å². The van der Waals surface area contributed by atoms with E-state index in [1.54, 1.807) is 0 Å². The molecule has 1 aromatic rings. The molecule has 2 rings (SSSR count). The summed E-state index contributed by atoms with van der Waals surface area (Å²) in [6, 6.07) is 2.51. The van der Waals surface area contributed by atoms with Crippen LogP contribution in [0.2, 0.25) is 0 Å². The summed E-state index contributed by atoms with van der Waals surface area (Å²) in [6.07, 6.45) is -3.95. The molecule has 2 N–H and O–H groups in total. The minimum Gasteiger partial charge on any atom is -0.321 e. The number of alkyl halides is 3. The van der Waals surface area contributed by atoms with Crippen molar-refractivity contribution in [3.63, 3.8) is 0 Å². The highest BCUT2D eigenvalue weighted by atomic mass is 19.4. The van der Waals surface area contributed by atoms with E-state index in [1.807, 2.05) is 6.92 Å². The van der Waals surface area contributed by atoms with Crippen molar-refractivity contribution in [2.45, 2.75) is 25.1 Å². The predicted octanol–water partition coefficient (Wildman–Crippen LogP) is 3.04. The van der Waals surface area contributed by atoms with Gasteiger partial charge in [-0.3, -0.25) is 0 Å². The second-order valence-corrected chi connectivity index (χ2v) is 4.37. The van der Waals surface area contributed by atoms with Gasteiger partial charge in [0.15, 0.2) is 0 Å². The lowest BCUT2D eigenvalue weighted by atomic mass is 10.0. The van der Waals surface area contributed by atoms with Gasteiger partial charge in [-0.05, 0) is 36.1 Å². The van der Waals surface area contributed by atoms with Crippen LogP contribution in [-0.2, 0) is 11.7 Å². The van der Waals surface area contributed by atoms with Gasteiger partial charge in [-0.1, -0.05) is 6.92 Å². The van der Waals surface area contributed by atoms with E-state index in [0.29, 0.717) is 12.5 Å². The minimum atomic E-state index is -4.54. The zero-order valence-electron chi connectivity index (χ0n) is 8.61. The van der Waals surface area contributed by atoms with Crippen LogP contribution in [0.5, 0.6) is 0 Å². The fourth-order valence-corrected chi connectivity index (χ4v) is 1.87. The Labute approximate surface area is 90.3 Å². The van der Waals surface area contributed by atoms with Crippen molar-refractivity contribution >= 4 is 0 Å². The number of rotatable bonds is 1. The first-order valence-electron chi connectivity index (χ1n) is 4.90. The van der Waals surface area contributed by atoms with Crippen LogP contribution >= 0.6 is 0 Å². The Morgan fingerprint density at radius 1 is 1.31 bits per heavy atom. The topological polar surface area (TPSA) is 26.0 Å². The van der Waals surface area contributed by atoms with E-state index < -0.39 is 23.1 Å². The SMILES string of the molecule is CC1CC1(N)c1cc(F)cc(C(F)(F)F)c1. The molecular formula is C11H11F4N. The lowest BCUT2D eigenvalue weighted by molar-refractivity contribution is -0.137. The maximum Gasteiger partial charge on any atom is 0.416 e. The van der Waals surface area contributed by atoms with Crippen molar-refractivity contribution in [3.05, 3.63) is 35.1 Å². The van der Waals surface area contributed by atoms with Crippen molar-refractivity contribution in [2.75, 3.05) is 0 Å². The van der Waals surface area contributed by atoms with E-state index >= 15 is 0 Å². The Morgan fingerprint density at radius 3 is 2.31 bits per heavy atom. The van der Waals surface area contributed by atoms with Crippen molar-refractivity contribution < 1.29 is 17.6 Å². The summed E-state index contributed by atoms with van der Waals surface area (Å²) in [7, 11) is 0. The van der Waals surface area contributed by atoms with Crippen LogP contribution in [-0.4, -0.2) is 0 Å². The van der Waals surface area contributed by atoms with Crippen LogP contribution in [0.3, 0.4) is 0 Å². The number of halogens is 4. The van der Waals surface area contributed by atoms with E-state index in [1.165, 1.54) is 0 Å². The molecule has 0 amide bonds. The van der Waals surface area contributed by atoms with E-state index in [2.05, 4.69) is 0 Å². The standard InChI is InChI=1S/C11H11F4N/c1-6-5-10(6,16)7-2-8(11(13,14)15)4-9(12)3-7/h2-4,6H,5,16H2,1H3. The Balaban J connectivity index is 2.45. The second-order valence-electron chi connectivity index (χ2n) is 4.37. The predicted molar refractivity (Wildman–Crippen MR) is 51.0 cm³/mol. The number of hydrogen-bond acceptors (Lipinski definition) is 1. The zero-order chi connectivity index (χ0) is 12.1. The van der Waals surface area contributed by atoms with Gasteiger partial charge in [0.2, 0.25) is 0 Å². The van der Waals surface area contributed by atoms with Gasteiger partial charge in [0.05, 0.1) is 5.56 Å². The summed E-state index contributed by atoms with van der Waals surface area (Å²) in [4.78, 5) is 0. The molecule has 0 bridgehead atoms. The molecule has 0 aliphatic heterocycles. The Hall–Kier alpha value is -1.10. The van der Waals surface area contributed by atoms with Crippen LogP contribution in [0.15, 0.2) is 18.2 Å². The van der Waals surface area contributed by atoms with Crippen molar-refractivity contribution in [1.29, 1.82) is 0 Å². The third-order valence-corrected chi connectivity index (χ3v) is 3.13. The molecule has 1 fully saturated rings. The van der Waals surface area contributed by atoms with E-state index in [-0.39, 0.29) is 11.5 Å². The molecule has 0 saturated heterocycles. The number of benzene rings is 1. The van der Waals surface area contributed by atoms with Crippen LogP contribution in [0.4, 0.5) is 17.6 Å². The van der Waals surface area contributed by atoms with Gasteiger partial charge < -0.3 is 5.73 Å². The van der Waals surface area contributed by atoms with Crippen LogP contribution < -0.4 is 5.73 Å². The molecular weight excluding hydrogens is 222 g/mol. The van der Waals surface area contributed by atoms with E-state index in [4.69, 9.17) is 5.73 Å². The third kappa shape index (κ3) is 1.80. The average molecular weight is 233 g/mol. The molecule has 1 aromatic carbocycles. The summed E-state index contributed by atoms with van der Waals surface area (Å²) in [6.45, 7) is 1.83. The molecule has 88 valence electrons. The minimum absolute atomic E-state index is 0.0929. The summed E-state index contributed by atoms with van der Waals surface area (Å²) < 4.78 is 50.4. The first-order chi connectivity index (χ1) is 7.23. The molecule has 2 unspecified atom stereocenters. The van der Waals surface area contributed by atoms with Crippen LogP contribution in [0, 0.1) is 11.7 Å². The van der Waals surface area contributed by atoms with E-state index in [0.717, 1.165) is 12.1 Å². The normalized spacial score (nSPS) is 29.2. The quantitative estimate of drug-likeness (QED) is 0.741. The molecule has 16 heavy (non-hydrogen) atoms. The van der Waals surface area contributed by atoms with Crippen LogP contribution in [0.1, 0.15) is 24.5 Å². The highest BCUT2D eigenvalue weighted by Crippen LogP contribution is 2.50. The van der Waals surface area contributed by atoms with E-state index in [9.17, 15) is 17.6 Å². The second kappa shape index (κ2) is 3.20. The molecule has 5 heteroatoms. The zero-order valence-corrected chi connectivity index (χ0v) is 8.61. The molecule has 0 heterocycles. The number of hydrogen-bond donors (Lipinski definition) is 1. The lowest BCUT2D eigenvalue weighted by Gasteiger charge is -2.14. The maximum atomic E-state index is 13.1. The Morgan fingerprint density at radius 2 is 1.88 bits per heavy atom. The molecule has 1 nitrogen and oxygen atoms in total. The Bertz CT molecular complexity index is 426. The van der Waals surface area contributed by atoms with Crippen molar-refractivity contribution in [2.24, 2.45) is 11.7 Å². The summed E-state index contributed by atoms with van der Waals surface area (Å²) >= 11 is 0. The summed E-state index contributed by atoms with van der Waals surface area (Å²) in [5, 5.41) is 0. The van der Waals surface area contributed by atoms with Gasteiger partial charge in [0.25, 0.3) is 0 Å². The third-order valence-electron chi connectivity index (χ3n) is 3.13. The van der Waals surface area contributed by atoms with Gasteiger partial charge in [-0.2, -0.15) is 13.2 Å². The highest BCUT2D eigenvalue weighted by molar-refractivity contribution is 5.36. The molecule has 2 atom stereocenters. The molecule has 1 aliphatic rings. The molecule has 1 saturated carbocycles. The van der Waals surface area contributed by atoms with Gasteiger partial charge in [0.1, 0.15) is 5.82 Å². The molecule has 0 radical (unpaired) electrons. The first kappa shape index (κ1) is 11.4. The van der Waals surface area contributed by atoms with Gasteiger partial charge in [-0.15, -0.1) is 0 Å². The van der Waals surface area contributed by atoms with Crippen molar-refractivity contribution in [3.8, 4) is 0 Å². The van der Waals surface area contributed by atoms with Crippen LogP contribution in [0.25, 0.3) is 0 Å². The monoisotopic (exact) mass is 233 g/mol. The first-order valence-corrected chi connectivity index (χ1v) is 4.90. The average Bonchev–Trinajstić information content (AvgIpc) is 2.73. The smallest absolute Gasteiger partial charge is 0.321 e. The summed E-state index contributed by atoms with van der Waals surface area (Å²) in [5.74, 6) is -0.802. The molecule has 0 aromatic heterocycles. The lowest BCUT2D eigenvalue weighted by Crippen LogP contribution is -2.22. The molecule has 1 aliphatic carbocycles. The summed E-state index contributed by atoms with van der Waals surface area (Å²) in [5.41, 5.74) is 4.32. The van der Waals surface area contributed by atoms with Gasteiger partial charge in [0, 0.05) is 5.54 Å². The highest BCUT2D eigenvalue weighted by Gasteiger charge is 2.49. The Kier molecular flexibility index (Phi) is 2.28. The number of nitrogens with two attached hydrogens (primary N) is 1.